The van der Waals surface area contributed by atoms with Gasteiger partial charge in [-0.3, -0.25) is 0 Å². The molecule has 0 aromatic rings. The summed E-state index contributed by atoms with van der Waals surface area (Å²) in [6, 6.07) is 0. The molecule has 46 heavy (non-hydrogen) atoms. The maximum Gasteiger partial charge on any atom is 0.335 e. The normalized spacial score (nSPS) is 34.4. The van der Waals surface area contributed by atoms with Crippen LogP contribution >= 0.6 is 0 Å². The van der Waals surface area contributed by atoms with Crippen LogP contribution in [0.3, 0.4) is 0 Å². The first-order chi connectivity index (χ1) is 21.8. The van der Waals surface area contributed by atoms with Crippen molar-refractivity contribution < 1.29 is 28.5 Å². The van der Waals surface area contributed by atoms with Crippen molar-refractivity contribution in [2.24, 2.45) is 64.1 Å². The molecule has 0 aliphatic heterocycles. The maximum atomic E-state index is 12.6. The molecule has 4 rings (SSSR count). The van der Waals surface area contributed by atoms with Gasteiger partial charge in [0.15, 0.2) is 0 Å². The van der Waals surface area contributed by atoms with Crippen molar-refractivity contribution >= 4 is 11.9 Å². The molecule has 262 valence electrons. The second-order valence-electron chi connectivity index (χ2n) is 16.8. The van der Waals surface area contributed by atoms with Crippen LogP contribution in [0.4, 0.5) is 0 Å². The molecule has 0 saturated heterocycles. The first kappa shape index (κ1) is 37.2. The zero-order valence-electron chi connectivity index (χ0n) is 30.4. The van der Waals surface area contributed by atoms with Gasteiger partial charge in [-0.1, -0.05) is 67.0 Å². The molecule has 6 heteroatoms. The van der Waals surface area contributed by atoms with Crippen LogP contribution in [0.25, 0.3) is 0 Å². The Kier molecular flexibility index (Phi) is 13.1. The minimum Gasteiger partial charge on any atom is -0.462 e. The standard InChI is InChI=1S/C40H66O6/c1-26(2)11-10-12-27(3)34-15-16-35-33-14-13-32-21-30(17-19-39(32,6)36(33)18-20-40(34,35)7)31(24-45-37(41)28(4)22-43-8)25-46-38(42)29(5)23-44-9/h26-27,30-36H,4-5,10-25H2,1-3,6-9H3/t27-,30?,32+,33+,34?,35+,36+,39+,40-/m1/s1. The molecule has 0 bridgehead atoms. The van der Waals surface area contributed by atoms with Gasteiger partial charge in [-0.2, -0.15) is 0 Å². The number of ether oxygens (including phenoxy) is 4. The first-order valence-corrected chi connectivity index (χ1v) is 18.5. The molecular formula is C40H66O6. The van der Waals surface area contributed by atoms with Crippen LogP contribution in [-0.4, -0.2) is 52.6 Å². The molecule has 0 heterocycles. The fraction of sp³-hybridized carbons (Fsp3) is 0.850. The Labute approximate surface area is 280 Å². The van der Waals surface area contributed by atoms with Gasteiger partial charge in [0.25, 0.3) is 0 Å². The summed E-state index contributed by atoms with van der Waals surface area (Å²) in [6.07, 6.45) is 15.8. The highest BCUT2D eigenvalue weighted by Crippen LogP contribution is 2.69. The molecule has 4 fully saturated rings. The van der Waals surface area contributed by atoms with E-state index in [4.69, 9.17) is 18.9 Å². The SMILES string of the molecule is C=C(COC)C(=O)OCC(COC(=O)C(=C)COC)C1CC[C@@]2(C)[C@@H](CC[C@@H]3[C@@H]2CC[C@]2(C)C([C@H](C)CCCC(C)C)CC[C@@H]32)C1. The van der Waals surface area contributed by atoms with Crippen molar-refractivity contribution in [1.29, 1.82) is 0 Å². The van der Waals surface area contributed by atoms with Crippen LogP contribution in [0.2, 0.25) is 0 Å². The number of carbonyl (C=O) groups is 2. The fourth-order valence-electron chi connectivity index (χ4n) is 11.1. The topological polar surface area (TPSA) is 71.1 Å². The Morgan fingerprint density at radius 3 is 1.93 bits per heavy atom. The van der Waals surface area contributed by atoms with Gasteiger partial charge in [-0.25, -0.2) is 9.59 Å². The monoisotopic (exact) mass is 642 g/mol. The second kappa shape index (κ2) is 16.2. The zero-order valence-corrected chi connectivity index (χ0v) is 30.4. The summed E-state index contributed by atoms with van der Waals surface area (Å²) >= 11 is 0. The van der Waals surface area contributed by atoms with Gasteiger partial charge in [0.2, 0.25) is 0 Å². The van der Waals surface area contributed by atoms with Gasteiger partial charge >= 0.3 is 11.9 Å². The zero-order chi connectivity index (χ0) is 33.6. The van der Waals surface area contributed by atoms with Crippen molar-refractivity contribution in [3.8, 4) is 0 Å². The average molecular weight is 643 g/mol. The molecular weight excluding hydrogens is 576 g/mol. The smallest absolute Gasteiger partial charge is 0.335 e. The van der Waals surface area contributed by atoms with Gasteiger partial charge in [-0.15, -0.1) is 0 Å². The number of rotatable bonds is 16. The Morgan fingerprint density at radius 2 is 1.35 bits per heavy atom. The molecule has 0 aromatic carbocycles. The van der Waals surface area contributed by atoms with Crippen molar-refractivity contribution in [3.05, 3.63) is 24.3 Å². The minimum absolute atomic E-state index is 0.0664. The second-order valence-corrected chi connectivity index (χ2v) is 16.8. The number of hydrogen-bond donors (Lipinski definition) is 0. The van der Waals surface area contributed by atoms with Crippen LogP contribution in [-0.2, 0) is 28.5 Å². The van der Waals surface area contributed by atoms with E-state index < -0.39 is 11.9 Å². The van der Waals surface area contributed by atoms with E-state index in [0.29, 0.717) is 33.8 Å². The Hall–Kier alpha value is -1.66. The third-order valence-electron chi connectivity index (χ3n) is 13.6. The summed E-state index contributed by atoms with van der Waals surface area (Å²) in [5.41, 5.74) is 1.46. The molecule has 6 nitrogen and oxygen atoms in total. The Bertz CT molecular complexity index is 1030. The lowest BCUT2D eigenvalue weighted by atomic mass is 9.43. The largest absolute Gasteiger partial charge is 0.462 e. The lowest BCUT2D eigenvalue weighted by Gasteiger charge is -2.61. The van der Waals surface area contributed by atoms with Gasteiger partial charge in [-0.05, 0) is 116 Å². The van der Waals surface area contributed by atoms with Crippen molar-refractivity contribution in [2.45, 2.75) is 112 Å². The molecule has 0 spiro atoms. The highest BCUT2D eigenvalue weighted by molar-refractivity contribution is 5.88. The molecule has 9 atom stereocenters. The highest BCUT2D eigenvalue weighted by atomic mass is 16.6. The van der Waals surface area contributed by atoms with Crippen LogP contribution in [0.1, 0.15) is 112 Å². The number of hydrogen-bond acceptors (Lipinski definition) is 6. The third kappa shape index (κ3) is 8.13. The Balaban J connectivity index is 1.42. The van der Waals surface area contributed by atoms with Crippen LogP contribution in [0.15, 0.2) is 24.3 Å². The maximum absolute atomic E-state index is 12.6. The number of fused-ring (bicyclic) bond motifs is 5. The molecule has 0 amide bonds. The lowest BCUT2D eigenvalue weighted by molar-refractivity contribution is -0.150. The van der Waals surface area contributed by atoms with Crippen molar-refractivity contribution in [2.75, 3.05) is 40.6 Å². The summed E-state index contributed by atoms with van der Waals surface area (Å²) < 4.78 is 21.6. The van der Waals surface area contributed by atoms with E-state index in [1.165, 1.54) is 78.4 Å². The average Bonchev–Trinajstić information content (AvgIpc) is 3.37. The molecule has 2 unspecified atom stereocenters. The summed E-state index contributed by atoms with van der Waals surface area (Å²) in [5.74, 6) is 5.11. The summed E-state index contributed by atoms with van der Waals surface area (Å²) in [6.45, 7) is 20.9. The van der Waals surface area contributed by atoms with Gasteiger partial charge in [0.1, 0.15) is 0 Å². The summed E-state index contributed by atoms with van der Waals surface area (Å²) in [5, 5.41) is 0. The van der Waals surface area contributed by atoms with Crippen LogP contribution < -0.4 is 0 Å². The quantitative estimate of drug-likeness (QED) is 0.124. The number of carbonyl (C=O) groups excluding carboxylic acids is 2. The van der Waals surface area contributed by atoms with Crippen molar-refractivity contribution in [1.82, 2.24) is 0 Å². The van der Waals surface area contributed by atoms with Crippen LogP contribution in [0.5, 0.6) is 0 Å². The van der Waals surface area contributed by atoms with Gasteiger partial charge < -0.3 is 18.9 Å². The minimum atomic E-state index is -0.447. The lowest BCUT2D eigenvalue weighted by Crippen LogP contribution is -2.54. The molecule has 0 aromatic heterocycles. The van der Waals surface area contributed by atoms with Gasteiger partial charge in [0, 0.05) is 20.1 Å². The van der Waals surface area contributed by atoms with E-state index in [1.54, 1.807) is 0 Å². The van der Waals surface area contributed by atoms with Gasteiger partial charge in [0.05, 0.1) is 37.6 Å². The van der Waals surface area contributed by atoms with E-state index in [0.717, 1.165) is 48.3 Å². The van der Waals surface area contributed by atoms with E-state index in [-0.39, 0.29) is 32.3 Å². The molecule has 0 radical (unpaired) electrons. The highest BCUT2D eigenvalue weighted by Gasteiger charge is 2.60. The van der Waals surface area contributed by atoms with E-state index in [1.807, 2.05) is 0 Å². The summed E-state index contributed by atoms with van der Waals surface area (Å²) in [7, 11) is 3.07. The summed E-state index contributed by atoms with van der Waals surface area (Å²) in [4.78, 5) is 25.2. The number of methoxy groups -OCH3 is 2. The predicted molar refractivity (Wildman–Crippen MR) is 184 cm³/mol. The number of esters is 2. The van der Waals surface area contributed by atoms with Crippen LogP contribution in [0, 0.1) is 64.1 Å². The van der Waals surface area contributed by atoms with Crippen molar-refractivity contribution in [3.63, 3.8) is 0 Å². The molecule has 4 saturated carbocycles. The fourth-order valence-corrected chi connectivity index (χ4v) is 11.1. The molecule has 0 N–H and O–H groups in total. The first-order valence-electron chi connectivity index (χ1n) is 18.5. The molecule has 4 aliphatic carbocycles. The Morgan fingerprint density at radius 1 is 0.761 bits per heavy atom. The predicted octanol–water partition coefficient (Wildman–Crippen LogP) is 8.83. The van der Waals surface area contributed by atoms with E-state index in [9.17, 15) is 9.59 Å². The third-order valence-corrected chi connectivity index (χ3v) is 13.6. The van der Waals surface area contributed by atoms with E-state index in [2.05, 4.69) is 47.8 Å². The molecule has 4 aliphatic rings. The van der Waals surface area contributed by atoms with E-state index >= 15 is 0 Å².